The van der Waals surface area contributed by atoms with E-state index in [9.17, 15) is 0 Å². The van der Waals surface area contributed by atoms with Gasteiger partial charge in [0.15, 0.2) is 0 Å². The van der Waals surface area contributed by atoms with E-state index in [4.69, 9.17) is 5.26 Å². The average Bonchev–Trinajstić information content (AvgIpc) is 2.24. The number of rotatable bonds is 3. The van der Waals surface area contributed by atoms with Crippen LogP contribution in [0.2, 0.25) is 0 Å². The van der Waals surface area contributed by atoms with Crippen molar-refractivity contribution in [3.63, 3.8) is 0 Å². The molecule has 1 aromatic carbocycles. The summed E-state index contributed by atoms with van der Waals surface area (Å²) in [7, 11) is 4.05. The van der Waals surface area contributed by atoms with Crippen molar-refractivity contribution in [3.05, 3.63) is 34.9 Å². The highest BCUT2D eigenvalue weighted by atomic mass is 15.1. The molecule has 98 valence electrons. The van der Waals surface area contributed by atoms with Crippen LogP contribution in [0.1, 0.15) is 49.9 Å². The van der Waals surface area contributed by atoms with E-state index in [1.165, 1.54) is 16.7 Å². The number of benzene rings is 1. The van der Waals surface area contributed by atoms with Crippen molar-refractivity contribution in [2.75, 3.05) is 14.1 Å². The molecule has 0 bridgehead atoms. The standard InChI is InChI=1S/C16H24N2/c1-12-11-13(16(2,3)4)7-8-14(12)15(9-10-17)18(5)6/h7-8,11,15H,9H2,1-6H3. The van der Waals surface area contributed by atoms with E-state index in [1.807, 2.05) is 14.1 Å². The summed E-state index contributed by atoms with van der Waals surface area (Å²) >= 11 is 0. The van der Waals surface area contributed by atoms with Gasteiger partial charge in [-0.1, -0.05) is 39.0 Å². The highest BCUT2D eigenvalue weighted by molar-refractivity contribution is 5.36. The minimum absolute atomic E-state index is 0.173. The highest BCUT2D eigenvalue weighted by Gasteiger charge is 2.19. The first-order valence-electron chi connectivity index (χ1n) is 6.41. The van der Waals surface area contributed by atoms with Crippen molar-refractivity contribution < 1.29 is 0 Å². The van der Waals surface area contributed by atoms with Crippen molar-refractivity contribution >= 4 is 0 Å². The second-order valence-electron chi connectivity index (χ2n) is 6.16. The molecule has 0 aliphatic heterocycles. The van der Waals surface area contributed by atoms with E-state index >= 15 is 0 Å². The van der Waals surface area contributed by atoms with E-state index in [1.54, 1.807) is 0 Å². The van der Waals surface area contributed by atoms with Crippen LogP contribution in [0.5, 0.6) is 0 Å². The molecule has 0 aliphatic carbocycles. The molecular weight excluding hydrogens is 220 g/mol. The third-order valence-electron chi connectivity index (χ3n) is 3.40. The monoisotopic (exact) mass is 244 g/mol. The predicted octanol–water partition coefficient (Wildman–Crippen LogP) is 3.81. The van der Waals surface area contributed by atoms with Gasteiger partial charge in [-0.3, -0.25) is 0 Å². The van der Waals surface area contributed by atoms with Crippen molar-refractivity contribution in [1.29, 1.82) is 5.26 Å². The Labute approximate surface area is 111 Å². The van der Waals surface area contributed by atoms with Gasteiger partial charge in [0.05, 0.1) is 12.5 Å². The van der Waals surface area contributed by atoms with Gasteiger partial charge in [-0.05, 0) is 43.1 Å². The molecule has 1 aromatic rings. The van der Waals surface area contributed by atoms with Gasteiger partial charge in [-0.15, -0.1) is 0 Å². The van der Waals surface area contributed by atoms with Crippen LogP contribution < -0.4 is 0 Å². The Morgan fingerprint density at radius 3 is 2.28 bits per heavy atom. The molecule has 0 spiro atoms. The van der Waals surface area contributed by atoms with Crippen LogP contribution in [0.4, 0.5) is 0 Å². The summed E-state index contributed by atoms with van der Waals surface area (Å²) in [5.74, 6) is 0. The molecule has 1 atom stereocenters. The Morgan fingerprint density at radius 2 is 1.89 bits per heavy atom. The van der Waals surface area contributed by atoms with E-state index in [2.05, 4.69) is 56.9 Å². The molecular formula is C16H24N2. The van der Waals surface area contributed by atoms with Gasteiger partial charge in [-0.25, -0.2) is 0 Å². The summed E-state index contributed by atoms with van der Waals surface area (Å²) in [6, 6.07) is 9.08. The van der Waals surface area contributed by atoms with Crippen molar-refractivity contribution in [1.82, 2.24) is 4.90 Å². The number of hydrogen-bond donors (Lipinski definition) is 0. The summed E-state index contributed by atoms with van der Waals surface area (Å²) < 4.78 is 0. The first kappa shape index (κ1) is 14.7. The lowest BCUT2D eigenvalue weighted by atomic mass is 9.84. The minimum Gasteiger partial charge on any atom is -0.301 e. The van der Waals surface area contributed by atoms with Gasteiger partial charge in [-0.2, -0.15) is 5.26 Å². The summed E-state index contributed by atoms with van der Waals surface area (Å²) in [6.45, 7) is 8.80. The van der Waals surface area contributed by atoms with Crippen LogP contribution >= 0.6 is 0 Å². The fourth-order valence-electron chi connectivity index (χ4n) is 2.17. The maximum atomic E-state index is 8.94. The zero-order valence-electron chi connectivity index (χ0n) is 12.4. The molecule has 0 amide bonds. The number of nitrogens with zero attached hydrogens (tertiary/aromatic N) is 2. The van der Waals surface area contributed by atoms with Gasteiger partial charge in [0.25, 0.3) is 0 Å². The molecule has 0 fully saturated rings. The Hall–Kier alpha value is -1.33. The molecule has 0 radical (unpaired) electrons. The third-order valence-corrected chi connectivity index (χ3v) is 3.40. The van der Waals surface area contributed by atoms with Gasteiger partial charge < -0.3 is 4.90 Å². The summed E-state index contributed by atoms with van der Waals surface area (Å²) in [4.78, 5) is 2.11. The number of aryl methyl sites for hydroxylation is 1. The van der Waals surface area contributed by atoms with Crippen LogP contribution in [0.15, 0.2) is 18.2 Å². The largest absolute Gasteiger partial charge is 0.301 e. The maximum Gasteiger partial charge on any atom is 0.0641 e. The van der Waals surface area contributed by atoms with E-state index in [0.717, 1.165) is 0 Å². The van der Waals surface area contributed by atoms with Crippen LogP contribution in [-0.2, 0) is 5.41 Å². The molecule has 18 heavy (non-hydrogen) atoms. The molecule has 0 aromatic heterocycles. The summed E-state index contributed by atoms with van der Waals surface area (Å²) in [5, 5.41) is 8.94. The van der Waals surface area contributed by atoms with Crippen LogP contribution in [-0.4, -0.2) is 19.0 Å². The zero-order chi connectivity index (χ0) is 13.9. The van der Waals surface area contributed by atoms with Gasteiger partial charge in [0.1, 0.15) is 0 Å². The summed E-state index contributed by atoms with van der Waals surface area (Å²) in [5.41, 5.74) is 4.05. The van der Waals surface area contributed by atoms with Crippen LogP contribution in [0, 0.1) is 18.3 Å². The first-order valence-corrected chi connectivity index (χ1v) is 6.41. The smallest absolute Gasteiger partial charge is 0.0641 e. The fraction of sp³-hybridized carbons (Fsp3) is 0.562. The van der Waals surface area contributed by atoms with Crippen molar-refractivity contribution in [2.24, 2.45) is 0 Å². The maximum absolute atomic E-state index is 8.94. The SMILES string of the molecule is Cc1cc(C(C)(C)C)ccc1C(CC#N)N(C)C. The Morgan fingerprint density at radius 1 is 1.28 bits per heavy atom. The lowest BCUT2D eigenvalue weighted by Gasteiger charge is -2.26. The Bertz CT molecular complexity index is 447. The Kier molecular flexibility index (Phi) is 4.53. The topological polar surface area (TPSA) is 27.0 Å². The zero-order valence-corrected chi connectivity index (χ0v) is 12.4. The molecule has 2 heteroatoms. The molecule has 0 aliphatic rings. The van der Waals surface area contributed by atoms with Gasteiger partial charge in [0, 0.05) is 6.04 Å². The molecule has 0 heterocycles. The molecule has 0 N–H and O–H groups in total. The molecule has 2 nitrogen and oxygen atoms in total. The van der Waals surface area contributed by atoms with Crippen LogP contribution in [0.3, 0.4) is 0 Å². The minimum atomic E-state index is 0.173. The third kappa shape index (κ3) is 3.34. The number of nitriles is 1. The molecule has 0 saturated heterocycles. The second-order valence-corrected chi connectivity index (χ2v) is 6.16. The fourth-order valence-corrected chi connectivity index (χ4v) is 2.17. The van der Waals surface area contributed by atoms with Gasteiger partial charge in [0.2, 0.25) is 0 Å². The van der Waals surface area contributed by atoms with Crippen LogP contribution in [0.25, 0.3) is 0 Å². The quantitative estimate of drug-likeness (QED) is 0.808. The summed E-state index contributed by atoms with van der Waals surface area (Å²) in [6.07, 6.45) is 0.530. The lowest BCUT2D eigenvalue weighted by molar-refractivity contribution is 0.302. The van der Waals surface area contributed by atoms with E-state index in [-0.39, 0.29) is 11.5 Å². The molecule has 0 saturated carbocycles. The first-order chi connectivity index (χ1) is 8.27. The Balaban J connectivity index is 3.16. The van der Waals surface area contributed by atoms with E-state index in [0.29, 0.717) is 6.42 Å². The van der Waals surface area contributed by atoms with Crippen molar-refractivity contribution in [2.45, 2.75) is 45.6 Å². The normalized spacial score (nSPS) is 13.4. The average molecular weight is 244 g/mol. The van der Waals surface area contributed by atoms with Gasteiger partial charge >= 0.3 is 0 Å². The van der Waals surface area contributed by atoms with E-state index < -0.39 is 0 Å². The van der Waals surface area contributed by atoms with Crippen molar-refractivity contribution in [3.8, 4) is 6.07 Å². The molecule has 1 unspecified atom stereocenters. The highest BCUT2D eigenvalue weighted by Crippen LogP contribution is 2.29. The second kappa shape index (κ2) is 5.54. The number of hydrogen-bond acceptors (Lipinski definition) is 2. The predicted molar refractivity (Wildman–Crippen MR) is 76.5 cm³/mol. The lowest BCUT2D eigenvalue weighted by Crippen LogP contribution is -2.21. The molecule has 1 rings (SSSR count).